The molecule has 3 saturated heterocycles. The summed E-state index contributed by atoms with van der Waals surface area (Å²) < 4.78 is 12.5. The largest absolute Gasteiger partial charge is 0.392 e. The van der Waals surface area contributed by atoms with Crippen molar-refractivity contribution in [3.05, 3.63) is 12.2 Å². The summed E-state index contributed by atoms with van der Waals surface area (Å²) in [4.78, 5) is 13.3. The van der Waals surface area contributed by atoms with Crippen LogP contribution in [0.3, 0.4) is 0 Å². The summed E-state index contributed by atoms with van der Waals surface area (Å²) in [6, 6.07) is 0. The molecule has 136 valence electrons. The molecule has 4 aliphatic carbocycles. The zero-order chi connectivity index (χ0) is 17.4. The van der Waals surface area contributed by atoms with E-state index in [1.165, 1.54) is 0 Å². The van der Waals surface area contributed by atoms with E-state index in [9.17, 15) is 15.0 Å². The van der Waals surface area contributed by atoms with Crippen molar-refractivity contribution in [1.29, 1.82) is 0 Å². The lowest BCUT2D eigenvalue weighted by atomic mass is 9.36. The number of carbonyl (C=O) groups is 1. The number of aliphatic hydroxyl groups is 2. The molecule has 10 atom stereocenters. The van der Waals surface area contributed by atoms with Gasteiger partial charge in [0, 0.05) is 5.92 Å². The Morgan fingerprint density at radius 1 is 1.20 bits per heavy atom. The Morgan fingerprint density at radius 3 is 2.80 bits per heavy atom. The highest BCUT2D eigenvalue weighted by Crippen LogP contribution is 2.77. The van der Waals surface area contributed by atoms with Gasteiger partial charge < -0.3 is 19.7 Å². The molecule has 7 fully saturated rings. The van der Waals surface area contributed by atoms with Gasteiger partial charge in [0.05, 0.1) is 35.7 Å². The molecule has 2 N–H and O–H groups in total. The summed E-state index contributed by atoms with van der Waals surface area (Å²) in [7, 11) is 0. The van der Waals surface area contributed by atoms with Crippen molar-refractivity contribution in [2.45, 2.75) is 63.6 Å². The van der Waals surface area contributed by atoms with E-state index in [-0.39, 0.29) is 29.1 Å². The predicted octanol–water partition coefficient (Wildman–Crippen LogP) is 1.42. The van der Waals surface area contributed by atoms with Gasteiger partial charge >= 0.3 is 0 Å². The quantitative estimate of drug-likeness (QED) is 0.649. The van der Waals surface area contributed by atoms with Crippen LogP contribution in [-0.4, -0.2) is 47.2 Å². The lowest BCUT2D eigenvalue weighted by Gasteiger charge is -2.75. The first kappa shape index (κ1) is 15.3. The zero-order valence-corrected chi connectivity index (χ0v) is 14.6. The number of hydrogen-bond acceptors (Lipinski definition) is 5. The third-order valence-corrected chi connectivity index (χ3v) is 9.20. The van der Waals surface area contributed by atoms with Gasteiger partial charge in [-0.2, -0.15) is 0 Å². The van der Waals surface area contributed by atoms with Crippen LogP contribution in [0.1, 0.15) is 39.0 Å². The minimum Gasteiger partial charge on any atom is -0.392 e. The minimum absolute atomic E-state index is 0.00572. The van der Waals surface area contributed by atoms with Crippen molar-refractivity contribution in [3.63, 3.8) is 0 Å². The Labute approximate surface area is 147 Å². The average molecular weight is 346 g/mol. The van der Waals surface area contributed by atoms with Gasteiger partial charge in [-0.25, -0.2) is 0 Å². The average Bonchev–Trinajstić information content (AvgIpc) is 2.71. The molecule has 7 rings (SSSR count). The van der Waals surface area contributed by atoms with Crippen molar-refractivity contribution in [2.75, 3.05) is 6.61 Å². The molecule has 0 amide bonds. The van der Waals surface area contributed by atoms with Crippen molar-refractivity contribution >= 4 is 5.78 Å². The Kier molecular flexibility index (Phi) is 2.58. The van der Waals surface area contributed by atoms with E-state index in [2.05, 4.69) is 13.5 Å². The molecular weight excluding hydrogens is 320 g/mol. The lowest BCUT2D eigenvalue weighted by molar-refractivity contribution is -0.440. The molecule has 0 aromatic carbocycles. The van der Waals surface area contributed by atoms with Crippen LogP contribution in [-0.2, 0) is 14.3 Å². The molecular formula is C20H26O5. The lowest BCUT2D eigenvalue weighted by Crippen LogP contribution is -2.81. The molecule has 0 aromatic rings. The first-order valence-electron chi connectivity index (χ1n) is 9.75. The number of fused-ring (bicyclic) bond motifs is 1. The Hall–Kier alpha value is -0.750. The minimum atomic E-state index is -0.910. The molecule has 25 heavy (non-hydrogen) atoms. The van der Waals surface area contributed by atoms with Crippen LogP contribution < -0.4 is 0 Å². The number of hydrogen-bond donors (Lipinski definition) is 2. The molecule has 0 radical (unpaired) electrons. The van der Waals surface area contributed by atoms with Gasteiger partial charge in [0.15, 0.2) is 12.1 Å². The summed E-state index contributed by atoms with van der Waals surface area (Å²) >= 11 is 0. The second kappa shape index (κ2) is 4.22. The number of carbonyl (C=O) groups excluding carboxylic acids is 1. The topological polar surface area (TPSA) is 76.0 Å². The maximum Gasteiger partial charge on any atom is 0.170 e. The van der Waals surface area contributed by atoms with E-state index < -0.39 is 29.3 Å². The highest BCUT2D eigenvalue weighted by Gasteiger charge is 2.83. The Balaban J connectivity index is 1.61. The molecule has 2 spiro atoms. The molecule has 7 aliphatic rings. The van der Waals surface area contributed by atoms with Gasteiger partial charge in [0.25, 0.3) is 0 Å². The van der Waals surface area contributed by atoms with Crippen LogP contribution in [0, 0.1) is 34.0 Å². The Bertz CT molecular complexity index is 700. The fourth-order valence-corrected chi connectivity index (χ4v) is 8.25. The standard InChI is InChI=1S/C20H26O5/c1-9-10-3-4-11-19-12-7-14(20(11,15(9)22)16(10)23)25-17(19)24-8-18(12,2)6-5-13(19)21/h10-14,16-17,21,23H,1,3-8H2,2H3/t10-,11+,12+,13+,14+,16+,17-,18-,19+,20-/m0/s1. The molecule has 5 nitrogen and oxygen atoms in total. The Morgan fingerprint density at radius 2 is 2.00 bits per heavy atom. The van der Waals surface area contributed by atoms with Gasteiger partial charge in [-0.3, -0.25) is 4.79 Å². The van der Waals surface area contributed by atoms with E-state index in [0.717, 1.165) is 32.1 Å². The van der Waals surface area contributed by atoms with E-state index in [4.69, 9.17) is 9.47 Å². The maximum absolute atomic E-state index is 13.3. The highest BCUT2D eigenvalue weighted by atomic mass is 16.7. The van der Waals surface area contributed by atoms with Gasteiger partial charge in [0.2, 0.25) is 0 Å². The van der Waals surface area contributed by atoms with Crippen LogP contribution >= 0.6 is 0 Å². The highest BCUT2D eigenvalue weighted by molar-refractivity contribution is 6.04. The smallest absolute Gasteiger partial charge is 0.170 e. The second-order valence-electron chi connectivity index (χ2n) is 9.73. The summed E-state index contributed by atoms with van der Waals surface area (Å²) in [5, 5.41) is 22.4. The van der Waals surface area contributed by atoms with Gasteiger partial charge in [0.1, 0.15) is 0 Å². The molecule has 0 unspecified atom stereocenters. The first-order chi connectivity index (χ1) is 11.9. The maximum atomic E-state index is 13.3. The van der Waals surface area contributed by atoms with Crippen molar-refractivity contribution in [1.82, 2.24) is 0 Å². The van der Waals surface area contributed by atoms with E-state index in [1.807, 2.05) is 0 Å². The van der Waals surface area contributed by atoms with Gasteiger partial charge in [-0.1, -0.05) is 13.5 Å². The third kappa shape index (κ3) is 1.29. The molecule has 3 aliphatic heterocycles. The molecule has 3 heterocycles. The van der Waals surface area contributed by atoms with Crippen LogP contribution in [0.25, 0.3) is 0 Å². The zero-order valence-electron chi connectivity index (χ0n) is 14.6. The number of rotatable bonds is 0. The fraction of sp³-hybridized carbons (Fsp3) is 0.850. The predicted molar refractivity (Wildman–Crippen MR) is 87.3 cm³/mol. The molecule has 5 heteroatoms. The third-order valence-electron chi connectivity index (χ3n) is 9.20. The van der Waals surface area contributed by atoms with E-state index in [0.29, 0.717) is 18.1 Å². The summed E-state index contributed by atoms with van der Waals surface area (Å²) in [6.07, 6.45) is 2.01. The van der Waals surface area contributed by atoms with Crippen LogP contribution in [0.2, 0.25) is 0 Å². The van der Waals surface area contributed by atoms with Crippen molar-refractivity contribution < 1.29 is 24.5 Å². The SMILES string of the molecule is C=C1C(=O)[C@]23[C@H](O)[C@H]1CC[C@@H]2[C@]12[C@H]4OC[C@](C)(CC[C@H]1O)[C@H]2C[C@H]3O4. The van der Waals surface area contributed by atoms with Gasteiger partial charge in [-0.15, -0.1) is 0 Å². The summed E-state index contributed by atoms with van der Waals surface area (Å²) in [5.74, 6) is 0.0718. The monoisotopic (exact) mass is 346 g/mol. The fourth-order valence-electron chi connectivity index (χ4n) is 8.25. The number of ketones is 1. The van der Waals surface area contributed by atoms with Crippen LogP contribution in [0.15, 0.2) is 12.2 Å². The summed E-state index contributed by atoms with van der Waals surface area (Å²) in [6.45, 7) is 6.95. The second-order valence-corrected chi connectivity index (χ2v) is 9.73. The normalized spacial score (nSPS) is 64.4. The van der Waals surface area contributed by atoms with Crippen molar-refractivity contribution in [3.8, 4) is 0 Å². The van der Waals surface area contributed by atoms with Gasteiger partial charge in [-0.05, 0) is 54.9 Å². The molecule has 4 saturated carbocycles. The number of aliphatic hydroxyl groups excluding tert-OH is 2. The first-order valence-corrected chi connectivity index (χ1v) is 9.75. The molecule has 7 bridgehead atoms. The van der Waals surface area contributed by atoms with E-state index in [1.54, 1.807) is 0 Å². The van der Waals surface area contributed by atoms with E-state index >= 15 is 0 Å². The number of Topliss-reactive ketones (excluding diaryl/α,β-unsaturated/α-hetero) is 1. The molecule has 0 aromatic heterocycles. The van der Waals surface area contributed by atoms with Crippen molar-refractivity contribution in [2.24, 2.45) is 34.0 Å². The van der Waals surface area contributed by atoms with Crippen LogP contribution in [0.4, 0.5) is 0 Å². The van der Waals surface area contributed by atoms with Crippen LogP contribution in [0.5, 0.6) is 0 Å². The summed E-state index contributed by atoms with van der Waals surface area (Å²) in [5.41, 5.74) is -0.874. The number of ether oxygens (including phenoxy) is 2.